The largest absolute Gasteiger partial charge is 0.466 e. The van der Waals surface area contributed by atoms with E-state index in [1.807, 2.05) is 0 Å². The zero-order chi connectivity index (χ0) is 24.6. The molecule has 0 rings (SSSR count). The first-order chi connectivity index (χ1) is 15.8. The zero-order valence-electron chi connectivity index (χ0n) is 22.3. The molecule has 0 bridgehead atoms. The minimum Gasteiger partial charge on any atom is -0.466 e. The summed E-state index contributed by atoms with van der Waals surface area (Å²) in [5.41, 5.74) is 0. The van der Waals surface area contributed by atoms with E-state index in [0.717, 1.165) is 57.7 Å². The number of carbonyl (C=O) groups excluding carboxylic acids is 2. The standard InChI is InChI=1S/C26H54N2O4Si/c1-5-6-7-8-9-13-16-22-31-25(29)18-14-11-10-12-15-19-27-20-17-21-28-26(30)32-23-24-33(2,3)4/h27H,5-24H2,1-4H3,(H,28,30)/q-1. The van der Waals surface area contributed by atoms with Crippen LogP contribution in [0.25, 0.3) is 0 Å². The van der Waals surface area contributed by atoms with Crippen LogP contribution in [0.4, 0.5) is 4.79 Å². The minimum atomic E-state index is -1.14. The normalized spacial score (nSPS) is 11.4. The molecule has 2 N–H and O–H groups in total. The van der Waals surface area contributed by atoms with Gasteiger partial charge in [-0.1, -0.05) is 64.7 Å². The maximum atomic E-state index is 11.7. The monoisotopic (exact) mass is 486 g/mol. The number of hydrogen-bond acceptors (Lipinski definition) is 5. The molecule has 0 aromatic carbocycles. The molecular formula is C26H54N2O4Si-. The number of unbranched alkanes of at least 4 members (excludes halogenated alkanes) is 10. The van der Waals surface area contributed by atoms with Crippen LogP contribution in [0, 0.1) is 0 Å². The van der Waals surface area contributed by atoms with Gasteiger partial charge in [0.2, 0.25) is 0 Å². The van der Waals surface area contributed by atoms with Gasteiger partial charge in [0, 0.05) is 13.0 Å². The molecule has 0 fully saturated rings. The molecule has 0 aromatic rings. The van der Waals surface area contributed by atoms with Gasteiger partial charge in [0.15, 0.2) is 0 Å². The highest BCUT2D eigenvalue weighted by molar-refractivity contribution is 6.76. The van der Waals surface area contributed by atoms with Gasteiger partial charge in [-0.15, -0.1) is 14.1 Å². The van der Waals surface area contributed by atoms with E-state index in [1.54, 1.807) is 0 Å². The number of nitrogens with one attached hydrogen (secondary N) is 2. The zero-order valence-corrected chi connectivity index (χ0v) is 23.3. The van der Waals surface area contributed by atoms with Gasteiger partial charge in [0.05, 0.1) is 13.2 Å². The van der Waals surface area contributed by atoms with Gasteiger partial charge in [-0.2, -0.15) is 19.6 Å². The second-order valence-corrected chi connectivity index (χ2v) is 16.0. The molecule has 1 amide bonds. The molecule has 0 saturated heterocycles. The van der Waals surface area contributed by atoms with Gasteiger partial charge in [-0.25, -0.2) is 4.79 Å². The Labute approximate surface area is 205 Å². The highest BCUT2D eigenvalue weighted by Crippen LogP contribution is 2.09. The summed E-state index contributed by atoms with van der Waals surface area (Å²) in [5, 5.41) is 6.23. The van der Waals surface area contributed by atoms with Crippen molar-refractivity contribution >= 4 is 20.1 Å². The topological polar surface area (TPSA) is 76.7 Å². The van der Waals surface area contributed by atoms with Crippen molar-refractivity contribution in [3.8, 4) is 0 Å². The van der Waals surface area contributed by atoms with Crippen molar-refractivity contribution in [3.63, 3.8) is 0 Å². The van der Waals surface area contributed by atoms with Crippen LogP contribution in [0.15, 0.2) is 0 Å². The summed E-state index contributed by atoms with van der Waals surface area (Å²) in [6, 6.07) is 1.01. The van der Waals surface area contributed by atoms with Gasteiger partial charge >= 0.3 is 12.1 Å². The van der Waals surface area contributed by atoms with Crippen molar-refractivity contribution in [2.75, 3.05) is 32.8 Å². The van der Waals surface area contributed by atoms with Gasteiger partial charge in [-0.05, 0) is 38.8 Å². The summed E-state index contributed by atoms with van der Waals surface area (Å²) in [5.74, 6) is -0.0313. The summed E-state index contributed by atoms with van der Waals surface area (Å²) in [4.78, 5) is 23.3. The Morgan fingerprint density at radius 3 is 1.97 bits per heavy atom. The summed E-state index contributed by atoms with van der Waals surface area (Å²) < 4.78 is 10.5. The van der Waals surface area contributed by atoms with Crippen LogP contribution < -0.4 is 10.6 Å². The molecule has 0 aliphatic carbocycles. The van der Waals surface area contributed by atoms with Gasteiger partial charge in [0.1, 0.15) is 0 Å². The predicted molar refractivity (Wildman–Crippen MR) is 142 cm³/mol. The smallest absolute Gasteiger partial charge is 0.407 e. The van der Waals surface area contributed by atoms with Crippen LogP contribution in [0.3, 0.4) is 0 Å². The Morgan fingerprint density at radius 2 is 1.27 bits per heavy atom. The van der Waals surface area contributed by atoms with E-state index in [2.05, 4.69) is 37.2 Å². The van der Waals surface area contributed by atoms with Crippen LogP contribution >= 0.6 is 0 Å². The molecule has 33 heavy (non-hydrogen) atoms. The molecule has 197 valence electrons. The van der Waals surface area contributed by atoms with E-state index in [-0.39, 0.29) is 12.1 Å². The van der Waals surface area contributed by atoms with Crippen molar-refractivity contribution in [2.24, 2.45) is 0 Å². The Morgan fingerprint density at radius 1 is 0.667 bits per heavy atom. The summed E-state index contributed by atoms with van der Waals surface area (Å²) in [6.45, 7) is 12.7. The lowest BCUT2D eigenvalue weighted by Crippen LogP contribution is -2.30. The fourth-order valence-corrected chi connectivity index (χ4v) is 4.11. The van der Waals surface area contributed by atoms with E-state index in [9.17, 15) is 9.59 Å². The average molecular weight is 487 g/mol. The Balaban J connectivity index is 3.26. The van der Waals surface area contributed by atoms with E-state index < -0.39 is 8.07 Å². The number of esters is 1. The van der Waals surface area contributed by atoms with Crippen molar-refractivity contribution in [1.29, 1.82) is 0 Å². The van der Waals surface area contributed by atoms with E-state index in [4.69, 9.17) is 9.47 Å². The third-order valence-corrected chi connectivity index (χ3v) is 7.33. The second kappa shape index (κ2) is 22.7. The number of alkyl carbamates (subject to hydrolysis) is 1. The maximum absolute atomic E-state index is 11.7. The highest BCUT2D eigenvalue weighted by atomic mass is 28.3. The minimum absolute atomic E-state index is 0.0313. The first-order valence-electron chi connectivity index (χ1n) is 13.6. The molecule has 0 aliphatic rings. The quantitative estimate of drug-likeness (QED) is 0.0958. The van der Waals surface area contributed by atoms with Crippen molar-refractivity contribution in [2.45, 2.75) is 123 Å². The number of amides is 1. The highest BCUT2D eigenvalue weighted by Gasteiger charge is 2.05. The van der Waals surface area contributed by atoms with Crippen molar-refractivity contribution in [1.82, 2.24) is 10.6 Å². The molecule has 7 heteroatoms. The molecule has 0 radical (unpaired) electrons. The Hall–Kier alpha value is -1.08. The summed E-state index contributed by atoms with van der Waals surface area (Å²) in [7, 11) is -1.14. The average Bonchev–Trinajstić information content (AvgIpc) is 2.75. The molecule has 0 aliphatic heterocycles. The lowest BCUT2D eigenvalue weighted by atomic mass is 10.1. The lowest BCUT2D eigenvalue weighted by molar-refractivity contribution is -0.143. The molecular weight excluding hydrogens is 432 g/mol. The third-order valence-electron chi connectivity index (χ3n) is 5.63. The molecule has 0 atom stereocenters. The molecule has 0 spiro atoms. The number of rotatable bonds is 23. The predicted octanol–water partition coefficient (Wildman–Crippen LogP) is 6.66. The first-order valence-corrected chi connectivity index (χ1v) is 17.3. The van der Waals surface area contributed by atoms with Gasteiger partial charge in [0.25, 0.3) is 0 Å². The fourth-order valence-electron chi connectivity index (χ4n) is 3.40. The summed E-state index contributed by atoms with van der Waals surface area (Å²) in [6.07, 6.45) is 15.4. The Kier molecular flexibility index (Phi) is 22.0. The van der Waals surface area contributed by atoms with Crippen LogP contribution in [0.5, 0.6) is 0 Å². The van der Waals surface area contributed by atoms with E-state index in [1.165, 1.54) is 44.9 Å². The third kappa shape index (κ3) is 27.0. The molecule has 0 unspecified atom stereocenters. The van der Waals surface area contributed by atoms with Gasteiger partial charge in [-0.3, -0.25) is 4.79 Å². The van der Waals surface area contributed by atoms with E-state index in [0.29, 0.717) is 26.2 Å². The fraction of sp³-hybridized carbons (Fsp3) is 0.923. The molecule has 0 saturated carbocycles. The number of ether oxygens (including phenoxy) is 2. The molecule has 0 aromatic heterocycles. The van der Waals surface area contributed by atoms with Crippen LogP contribution in [0.2, 0.25) is 25.7 Å². The first kappa shape index (κ1) is 31.9. The SMILES string of the molecule is CCCCCCCCCOC(=O)CCCCCCCNCCCNC(=O)OCC[Si-](C)(C)C. The number of carbonyl (C=O) groups is 2. The molecule has 0 heterocycles. The van der Waals surface area contributed by atoms with Crippen LogP contribution in [-0.4, -0.2) is 53.0 Å². The van der Waals surface area contributed by atoms with E-state index >= 15 is 0 Å². The maximum Gasteiger partial charge on any atom is 0.407 e. The van der Waals surface area contributed by atoms with Crippen LogP contribution in [0.1, 0.15) is 96.8 Å². The van der Waals surface area contributed by atoms with Gasteiger partial charge < -0.3 is 20.1 Å². The lowest BCUT2D eigenvalue weighted by Gasteiger charge is -2.26. The van der Waals surface area contributed by atoms with Crippen molar-refractivity contribution in [3.05, 3.63) is 0 Å². The summed E-state index contributed by atoms with van der Waals surface area (Å²) >= 11 is 0. The van der Waals surface area contributed by atoms with Crippen LogP contribution in [-0.2, 0) is 14.3 Å². The second-order valence-electron chi connectivity index (χ2n) is 10.3. The van der Waals surface area contributed by atoms with Crippen molar-refractivity contribution < 1.29 is 19.1 Å². The number of hydrogen-bond donors (Lipinski definition) is 2. The Bertz CT molecular complexity index is 470. The molecule has 6 nitrogen and oxygen atoms in total.